The van der Waals surface area contributed by atoms with Gasteiger partial charge in [0.15, 0.2) is 0 Å². The largest absolute Gasteiger partial charge is 0.488 e. The van der Waals surface area contributed by atoms with E-state index in [9.17, 15) is 4.79 Å². The summed E-state index contributed by atoms with van der Waals surface area (Å²) in [5, 5.41) is 5.00. The van der Waals surface area contributed by atoms with Gasteiger partial charge in [0.25, 0.3) is 0 Å². The van der Waals surface area contributed by atoms with Crippen LogP contribution < -0.4 is 15.8 Å². The molecular formula is C30H24N2O2. The molecule has 2 amide bonds. The van der Waals surface area contributed by atoms with E-state index in [0.29, 0.717) is 12.3 Å². The van der Waals surface area contributed by atoms with Crippen LogP contribution in [0.25, 0.3) is 33.0 Å². The van der Waals surface area contributed by atoms with E-state index in [1.165, 1.54) is 0 Å². The Morgan fingerprint density at radius 1 is 0.706 bits per heavy atom. The Bertz CT molecular complexity index is 1450. The van der Waals surface area contributed by atoms with Crippen LogP contribution in [0.1, 0.15) is 5.56 Å². The standard InChI is InChI=1S/C30H24N2O2/c31-30(33)32-29-25(22-12-5-2-6-13-22)16-9-17-26(29)28-24-15-8-7-14-23(24)18-19-27(28)34-20-21-10-3-1-4-11-21/h1-19H,20H2,(H3,31,32,33). The Morgan fingerprint density at radius 2 is 1.38 bits per heavy atom. The molecule has 0 unspecified atom stereocenters. The van der Waals surface area contributed by atoms with Crippen molar-refractivity contribution in [1.82, 2.24) is 0 Å². The van der Waals surface area contributed by atoms with E-state index in [0.717, 1.165) is 44.3 Å². The molecule has 0 spiro atoms. The molecular weight excluding hydrogens is 420 g/mol. The Morgan fingerprint density at radius 3 is 2.15 bits per heavy atom. The molecule has 0 bridgehead atoms. The van der Waals surface area contributed by atoms with Crippen molar-refractivity contribution in [2.45, 2.75) is 6.61 Å². The molecule has 4 nitrogen and oxygen atoms in total. The summed E-state index contributed by atoms with van der Waals surface area (Å²) in [5.74, 6) is 0.736. The molecule has 0 atom stereocenters. The van der Waals surface area contributed by atoms with Gasteiger partial charge >= 0.3 is 6.03 Å². The highest BCUT2D eigenvalue weighted by molar-refractivity contribution is 6.07. The topological polar surface area (TPSA) is 64.4 Å². The maximum Gasteiger partial charge on any atom is 0.316 e. The molecule has 3 N–H and O–H groups in total. The van der Waals surface area contributed by atoms with Gasteiger partial charge < -0.3 is 15.8 Å². The van der Waals surface area contributed by atoms with Crippen LogP contribution in [0.2, 0.25) is 0 Å². The molecule has 4 heteroatoms. The lowest BCUT2D eigenvalue weighted by atomic mass is 9.92. The summed E-state index contributed by atoms with van der Waals surface area (Å²) in [6.07, 6.45) is 0. The van der Waals surface area contributed by atoms with E-state index in [1.54, 1.807) is 0 Å². The molecule has 0 heterocycles. The number of nitrogens with two attached hydrogens (primary N) is 1. The highest BCUT2D eigenvalue weighted by Gasteiger charge is 2.19. The van der Waals surface area contributed by atoms with Gasteiger partial charge in [-0.2, -0.15) is 0 Å². The number of benzene rings is 5. The van der Waals surface area contributed by atoms with E-state index in [-0.39, 0.29) is 0 Å². The van der Waals surface area contributed by atoms with Gasteiger partial charge in [0.2, 0.25) is 0 Å². The zero-order valence-electron chi connectivity index (χ0n) is 18.6. The quantitative estimate of drug-likeness (QED) is 0.290. The lowest BCUT2D eigenvalue weighted by molar-refractivity contribution is 0.259. The number of primary amides is 1. The van der Waals surface area contributed by atoms with Gasteiger partial charge in [0.05, 0.1) is 5.69 Å². The van der Waals surface area contributed by atoms with E-state index >= 15 is 0 Å². The molecule has 0 aliphatic heterocycles. The van der Waals surface area contributed by atoms with Crippen molar-refractivity contribution in [3.05, 3.63) is 121 Å². The van der Waals surface area contributed by atoms with Gasteiger partial charge in [0.1, 0.15) is 12.4 Å². The van der Waals surface area contributed by atoms with Gasteiger partial charge in [-0.25, -0.2) is 4.79 Å². The minimum atomic E-state index is -0.614. The molecule has 5 aromatic carbocycles. The first-order valence-electron chi connectivity index (χ1n) is 11.1. The number of urea groups is 1. The Kier molecular flexibility index (Phi) is 5.95. The van der Waals surface area contributed by atoms with Crippen LogP contribution in [0.3, 0.4) is 0 Å². The van der Waals surface area contributed by atoms with Gasteiger partial charge in [-0.1, -0.05) is 109 Å². The van der Waals surface area contributed by atoms with E-state index in [2.05, 4.69) is 23.5 Å². The number of fused-ring (bicyclic) bond motifs is 1. The van der Waals surface area contributed by atoms with Crippen LogP contribution in [0.15, 0.2) is 115 Å². The predicted octanol–water partition coefficient (Wildman–Crippen LogP) is 7.24. The minimum absolute atomic E-state index is 0.434. The zero-order valence-corrected chi connectivity index (χ0v) is 18.6. The van der Waals surface area contributed by atoms with E-state index < -0.39 is 6.03 Å². The average Bonchev–Trinajstić information content (AvgIpc) is 2.88. The zero-order chi connectivity index (χ0) is 23.3. The van der Waals surface area contributed by atoms with Crippen molar-refractivity contribution in [2.24, 2.45) is 5.73 Å². The third kappa shape index (κ3) is 4.34. The van der Waals surface area contributed by atoms with Gasteiger partial charge in [-0.3, -0.25) is 0 Å². The fourth-order valence-corrected chi connectivity index (χ4v) is 4.26. The van der Waals surface area contributed by atoms with Gasteiger partial charge in [-0.05, 0) is 28.0 Å². The number of para-hydroxylation sites is 1. The third-order valence-electron chi connectivity index (χ3n) is 5.79. The molecule has 166 valence electrons. The van der Waals surface area contributed by atoms with Crippen LogP contribution in [0.4, 0.5) is 10.5 Å². The monoisotopic (exact) mass is 444 g/mol. The Labute approximate surface area is 198 Å². The second kappa shape index (κ2) is 9.51. The molecule has 0 aliphatic carbocycles. The maximum atomic E-state index is 12.1. The lowest BCUT2D eigenvalue weighted by Gasteiger charge is -2.20. The van der Waals surface area contributed by atoms with Crippen LogP contribution in [0, 0.1) is 0 Å². The summed E-state index contributed by atoms with van der Waals surface area (Å²) < 4.78 is 6.35. The molecule has 0 aromatic heterocycles. The maximum absolute atomic E-state index is 12.1. The van der Waals surface area contributed by atoms with Crippen molar-refractivity contribution in [1.29, 1.82) is 0 Å². The molecule has 0 fully saturated rings. The summed E-state index contributed by atoms with van der Waals surface area (Å²) in [6.45, 7) is 0.434. The first kappa shape index (κ1) is 21.3. The second-order valence-electron chi connectivity index (χ2n) is 8.02. The van der Waals surface area contributed by atoms with Gasteiger partial charge in [0, 0.05) is 16.7 Å². The summed E-state index contributed by atoms with van der Waals surface area (Å²) in [5.41, 5.74) is 11.0. The number of hydrogen-bond donors (Lipinski definition) is 2. The number of hydrogen-bond acceptors (Lipinski definition) is 2. The molecule has 0 radical (unpaired) electrons. The summed E-state index contributed by atoms with van der Waals surface area (Å²) in [4.78, 5) is 12.1. The number of carbonyl (C=O) groups is 1. The molecule has 0 saturated heterocycles. The fourth-order valence-electron chi connectivity index (χ4n) is 4.26. The molecule has 0 saturated carbocycles. The highest BCUT2D eigenvalue weighted by Crippen LogP contribution is 2.44. The molecule has 5 aromatic rings. The molecule has 34 heavy (non-hydrogen) atoms. The first-order valence-corrected chi connectivity index (χ1v) is 11.1. The van der Waals surface area contributed by atoms with E-state index in [4.69, 9.17) is 10.5 Å². The summed E-state index contributed by atoms with van der Waals surface area (Å²) in [7, 11) is 0. The predicted molar refractivity (Wildman–Crippen MR) is 139 cm³/mol. The van der Waals surface area contributed by atoms with Crippen molar-refractivity contribution in [3.63, 3.8) is 0 Å². The van der Waals surface area contributed by atoms with Crippen LogP contribution in [-0.2, 0) is 6.61 Å². The molecule has 5 rings (SSSR count). The fraction of sp³-hybridized carbons (Fsp3) is 0.0333. The smallest absolute Gasteiger partial charge is 0.316 e. The van der Waals surface area contributed by atoms with Gasteiger partial charge in [-0.15, -0.1) is 0 Å². The minimum Gasteiger partial charge on any atom is -0.488 e. The normalized spacial score (nSPS) is 10.7. The first-order chi connectivity index (χ1) is 16.7. The van der Waals surface area contributed by atoms with Crippen LogP contribution in [0.5, 0.6) is 5.75 Å². The number of amides is 2. The van der Waals surface area contributed by atoms with Crippen molar-refractivity contribution >= 4 is 22.5 Å². The Balaban J connectivity index is 1.72. The second-order valence-corrected chi connectivity index (χ2v) is 8.02. The molecule has 0 aliphatic rings. The number of nitrogens with one attached hydrogen (secondary N) is 1. The highest BCUT2D eigenvalue weighted by atomic mass is 16.5. The summed E-state index contributed by atoms with van der Waals surface area (Å²) >= 11 is 0. The third-order valence-corrected chi connectivity index (χ3v) is 5.79. The number of carbonyl (C=O) groups excluding carboxylic acids is 1. The van der Waals surface area contributed by atoms with Crippen LogP contribution in [-0.4, -0.2) is 6.03 Å². The summed E-state index contributed by atoms with van der Waals surface area (Å²) in [6, 6.07) is 37.6. The van der Waals surface area contributed by atoms with Crippen molar-refractivity contribution < 1.29 is 9.53 Å². The van der Waals surface area contributed by atoms with Crippen molar-refractivity contribution in [2.75, 3.05) is 5.32 Å². The number of ether oxygens (including phenoxy) is 1. The SMILES string of the molecule is NC(=O)Nc1c(-c2ccccc2)cccc1-c1c(OCc2ccccc2)ccc2ccccc12. The van der Waals surface area contributed by atoms with Crippen LogP contribution >= 0.6 is 0 Å². The van der Waals surface area contributed by atoms with Crippen molar-refractivity contribution in [3.8, 4) is 28.0 Å². The Hall–Kier alpha value is -4.57. The number of anilines is 1. The average molecular weight is 445 g/mol. The van der Waals surface area contributed by atoms with E-state index in [1.807, 2.05) is 97.1 Å². The lowest BCUT2D eigenvalue weighted by Crippen LogP contribution is -2.20. The number of rotatable bonds is 6.